The molecule has 0 radical (unpaired) electrons. The number of piperidine rings is 1. The Morgan fingerprint density at radius 2 is 1.94 bits per heavy atom. The monoisotopic (exact) mass is 240 g/mol. The molecule has 1 N–H and O–H groups in total. The van der Waals surface area contributed by atoms with E-state index in [2.05, 4.69) is 17.3 Å². The third kappa shape index (κ3) is 4.23. The van der Waals surface area contributed by atoms with E-state index in [4.69, 9.17) is 4.74 Å². The summed E-state index contributed by atoms with van der Waals surface area (Å²) in [6.07, 6.45) is 8.36. The van der Waals surface area contributed by atoms with Gasteiger partial charge in [-0.3, -0.25) is 0 Å². The maximum absolute atomic E-state index is 5.41. The van der Waals surface area contributed by atoms with E-state index in [1.54, 1.807) is 0 Å². The number of ether oxygens (including phenoxy) is 1. The van der Waals surface area contributed by atoms with E-state index in [1.807, 2.05) is 7.11 Å². The molecule has 1 aliphatic heterocycles. The first-order chi connectivity index (χ1) is 8.28. The summed E-state index contributed by atoms with van der Waals surface area (Å²) in [5, 5.41) is 3.77. The summed E-state index contributed by atoms with van der Waals surface area (Å²) in [4.78, 5) is 2.47. The zero-order valence-corrected chi connectivity index (χ0v) is 11.5. The van der Waals surface area contributed by atoms with Gasteiger partial charge in [0, 0.05) is 19.7 Å². The fourth-order valence-electron chi connectivity index (χ4n) is 3.28. The Morgan fingerprint density at radius 3 is 2.59 bits per heavy atom. The lowest BCUT2D eigenvalue weighted by molar-refractivity contribution is 0.0615. The first-order valence-electron chi connectivity index (χ1n) is 7.22. The standard InChI is InChI=1S/C14H28N2O/c1-16-9-3-4-12(11-16)10-15-13-5-7-14(17-2)8-6-13/h12-15H,3-11H2,1-2H3. The summed E-state index contributed by atoms with van der Waals surface area (Å²) in [6, 6.07) is 0.744. The van der Waals surface area contributed by atoms with Crippen molar-refractivity contribution in [3.8, 4) is 0 Å². The van der Waals surface area contributed by atoms with Gasteiger partial charge >= 0.3 is 0 Å². The predicted molar refractivity (Wildman–Crippen MR) is 71.3 cm³/mol. The Morgan fingerprint density at radius 1 is 1.18 bits per heavy atom. The number of rotatable bonds is 4. The fraction of sp³-hybridized carbons (Fsp3) is 1.00. The Hall–Kier alpha value is -0.120. The van der Waals surface area contributed by atoms with Crippen molar-refractivity contribution >= 4 is 0 Å². The van der Waals surface area contributed by atoms with Crippen LogP contribution < -0.4 is 5.32 Å². The molecule has 0 aromatic rings. The molecule has 0 spiro atoms. The number of hydrogen-bond acceptors (Lipinski definition) is 3. The molecule has 1 atom stereocenters. The second kappa shape index (κ2) is 6.72. The minimum Gasteiger partial charge on any atom is -0.381 e. The highest BCUT2D eigenvalue weighted by atomic mass is 16.5. The van der Waals surface area contributed by atoms with Crippen LogP contribution in [0.2, 0.25) is 0 Å². The van der Waals surface area contributed by atoms with Crippen molar-refractivity contribution in [2.75, 3.05) is 33.8 Å². The molecule has 1 saturated carbocycles. The van der Waals surface area contributed by atoms with Crippen molar-refractivity contribution in [1.82, 2.24) is 10.2 Å². The Balaban J connectivity index is 1.62. The molecule has 3 nitrogen and oxygen atoms in total. The Kier molecular flexibility index (Phi) is 5.26. The van der Waals surface area contributed by atoms with Crippen LogP contribution in [0, 0.1) is 5.92 Å². The van der Waals surface area contributed by atoms with Gasteiger partial charge in [0.25, 0.3) is 0 Å². The minimum absolute atomic E-state index is 0.522. The molecule has 3 heteroatoms. The topological polar surface area (TPSA) is 24.5 Å². The molecule has 1 unspecified atom stereocenters. The van der Waals surface area contributed by atoms with E-state index in [0.717, 1.165) is 12.0 Å². The predicted octanol–water partition coefficient (Wildman–Crippen LogP) is 1.88. The van der Waals surface area contributed by atoms with E-state index in [9.17, 15) is 0 Å². The quantitative estimate of drug-likeness (QED) is 0.812. The molecule has 1 heterocycles. The Labute approximate surface area is 106 Å². The van der Waals surface area contributed by atoms with Crippen molar-refractivity contribution < 1.29 is 4.74 Å². The number of methoxy groups -OCH3 is 1. The molecule has 0 aromatic heterocycles. The summed E-state index contributed by atoms with van der Waals surface area (Å²) >= 11 is 0. The molecule has 0 bridgehead atoms. The van der Waals surface area contributed by atoms with Gasteiger partial charge in [0.15, 0.2) is 0 Å². The van der Waals surface area contributed by atoms with Crippen LogP contribution in [0.3, 0.4) is 0 Å². The van der Waals surface area contributed by atoms with Gasteiger partial charge in [-0.1, -0.05) is 0 Å². The summed E-state index contributed by atoms with van der Waals surface area (Å²) in [5.74, 6) is 0.869. The second-order valence-electron chi connectivity index (χ2n) is 5.89. The highest BCUT2D eigenvalue weighted by Crippen LogP contribution is 2.21. The fourth-order valence-corrected chi connectivity index (χ4v) is 3.28. The largest absolute Gasteiger partial charge is 0.381 e. The number of nitrogens with one attached hydrogen (secondary N) is 1. The van der Waals surface area contributed by atoms with Crippen molar-refractivity contribution in [1.29, 1.82) is 0 Å². The molecule has 2 rings (SSSR count). The summed E-state index contributed by atoms with van der Waals surface area (Å²) < 4.78 is 5.41. The van der Waals surface area contributed by atoms with Crippen molar-refractivity contribution in [3.05, 3.63) is 0 Å². The average Bonchev–Trinajstić information content (AvgIpc) is 2.37. The van der Waals surface area contributed by atoms with Crippen LogP contribution in [0.25, 0.3) is 0 Å². The highest BCUT2D eigenvalue weighted by molar-refractivity contribution is 4.80. The van der Waals surface area contributed by atoms with Gasteiger partial charge in [-0.05, 0) is 64.6 Å². The number of nitrogens with zero attached hydrogens (tertiary/aromatic N) is 1. The van der Waals surface area contributed by atoms with Gasteiger partial charge in [-0.15, -0.1) is 0 Å². The Bertz CT molecular complexity index is 214. The van der Waals surface area contributed by atoms with Crippen molar-refractivity contribution in [2.45, 2.75) is 50.7 Å². The van der Waals surface area contributed by atoms with Crippen LogP contribution >= 0.6 is 0 Å². The summed E-state index contributed by atoms with van der Waals surface area (Å²) in [7, 11) is 4.09. The van der Waals surface area contributed by atoms with E-state index in [-0.39, 0.29) is 0 Å². The zero-order valence-electron chi connectivity index (χ0n) is 11.5. The van der Waals surface area contributed by atoms with Crippen LogP contribution in [0.5, 0.6) is 0 Å². The molecule has 17 heavy (non-hydrogen) atoms. The van der Waals surface area contributed by atoms with Crippen LogP contribution in [-0.4, -0.2) is 50.8 Å². The number of hydrogen-bond donors (Lipinski definition) is 1. The second-order valence-corrected chi connectivity index (χ2v) is 5.89. The maximum Gasteiger partial charge on any atom is 0.0572 e. The van der Waals surface area contributed by atoms with Crippen molar-refractivity contribution in [2.24, 2.45) is 5.92 Å². The first-order valence-corrected chi connectivity index (χ1v) is 7.22. The van der Waals surface area contributed by atoms with Crippen LogP contribution in [-0.2, 0) is 4.74 Å². The number of likely N-dealkylation sites (tertiary alicyclic amines) is 1. The van der Waals surface area contributed by atoms with Gasteiger partial charge in [0.1, 0.15) is 0 Å². The van der Waals surface area contributed by atoms with Crippen LogP contribution in [0.4, 0.5) is 0 Å². The molecule has 2 aliphatic rings. The highest BCUT2D eigenvalue weighted by Gasteiger charge is 2.22. The molecular formula is C14H28N2O. The molecule has 0 amide bonds. The summed E-state index contributed by atoms with van der Waals surface area (Å²) in [5.41, 5.74) is 0. The molecule has 0 aromatic carbocycles. The molecule has 1 saturated heterocycles. The minimum atomic E-state index is 0.522. The first kappa shape index (κ1) is 13.3. The smallest absolute Gasteiger partial charge is 0.0572 e. The van der Waals surface area contributed by atoms with E-state index < -0.39 is 0 Å². The van der Waals surface area contributed by atoms with Crippen LogP contribution in [0.15, 0.2) is 0 Å². The lowest BCUT2D eigenvalue weighted by Crippen LogP contribution is -2.42. The molecule has 2 fully saturated rings. The van der Waals surface area contributed by atoms with E-state index >= 15 is 0 Å². The van der Waals surface area contributed by atoms with Crippen LogP contribution in [0.1, 0.15) is 38.5 Å². The third-order valence-corrected chi connectivity index (χ3v) is 4.42. The van der Waals surface area contributed by atoms with Crippen molar-refractivity contribution in [3.63, 3.8) is 0 Å². The lowest BCUT2D eigenvalue weighted by Gasteiger charge is -2.33. The van der Waals surface area contributed by atoms with Gasteiger partial charge in [-0.2, -0.15) is 0 Å². The summed E-state index contributed by atoms with van der Waals surface area (Å²) in [6.45, 7) is 3.78. The molecule has 1 aliphatic carbocycles. The van der Waals surface area contributed by atoms with E-state index in [1.165, 1.54) is 58.2 Å². The normalized spacial score (nSPS) is 36.0. The third-order valence-electron chi connectivity index (χ3n) is 4.42. The van der Waals surface area contributed by atoms with Gasteiger partial charge in [-0.25, -0.2) is 0 Å². The SMILES string of the molecule is COC1CCC(NCC2CCCN(C)C2)CC1. The zero-order chi connectivity index (χ0) is 12.1. The average molecular weight is 240 g/mol. The molecule has 100 valence electrons. The maximum atomic E-state index is 5.41. The van der Waals surface area contributed by atoms with E-state index in [0.29, 0.717) is 6.10 Å². The molecular weight excluding hydrogens is 212 g/mol. The van der Waals surface area contributed by atoms with Gasteiger partial charge < -0.3 is 15.0 Å². The van der Waals surface area contributed by atoms with Gasteiger partial charge in [0.2, 0.25) is 0 Å². The van der Waals surface area contributed by atoms with Gasteiger partial charge in [0.05, 0.1) is 6.10 Å². The lowest BCUT2D eigenvalue weighted by atomic mass is 9.92.